The van der Waals surface area contributed by atoms with E-state index in [1.807, 2.05) is 11.0 Å². The van der Waals surface area contributed by atoms with Gasteiger partial charge in [-0.2, -0.15) is 0 Å². The first-order valence-electron chi connectivity index (χ1n) is 9.13. The standard InChI is InChI=1S/C19H25FN2O2.ClH/c20-15-7-3-2-6-14(15)18-12-22(9-10-24-18)19(23)17-11-13-5-1-4-8-16(13)21-17;/h2-3,6-7,13,16-18,21H,1,4-5,8-12H2;1H. The lowest BCUT2D eigenvalue weighted by Crippen LogP contribution is -2.50. The fourth-order valence-corrected chi connectivity index (χ4v) is 4.50. The highest BCUT2D eigenvalue weighted by atomic mass is 35.5. The first kappa shape index (κ1) is 18.6. The Morgan fingerprint density at radius 1 is 1.24 bits per heavy atom. The van der Waals surface area contributed by atoms with Gasteiger partial charge >= 0.3 is 0 Å². The molecule has 1 amide bonds. The van der Waals surface area contributed by atoms with E-state index >= 15 is 0 Å². The van der Waals surface area contributed by atoms with Crippen molar-refractivity contribution in [2.75, 3.05) is 19.7 Å². The second-order valence-electron chi connectivity index (χ2n) is 7.27. The number of morpholine rings is 1. The first-order chi connectivity index (χ1) is 11.7. The van der Waals surface area contributed by atoms with Crippen LogP contribution >= 0.6 is 12.4 Å². The molecule has 1 aromatic rings. The summed E-state index contributed by atoms with van der Waals surface area (Å²) in [6.07, 6.45) is 5.56. The zero-order valence-electron chi connectivity index (χ0n) is 14.3. The second kappa shape index (κ2) is 8.02. The molecule has 0 radical (unpaired) electrons. The number of benzene rings is 1. The summed E-state index contributed by atoms with van der Waals surface area (Å²) < 4.78 is 19.7. The number of nitrogens with one attached hydrogen (secondary N) is 1. The van der Waals surface area contributed by atoms with E-state index in [0.717, 1.165) is 6.42 Å². The maximum Gasteiger partial charge on any atom is 0.239 e. The van der Waals surface area contributed by atoms with Gasteiger partial charge in [0, 0.05) is 18.2 Å². The van der Waals surface area contributed by atoms with Crippen molar-refractivity contribution in [3.8, 4) is 0 Å². The summed E-state index contributed by atoms with van der Waals surface area (Å²) in [6, 6.07) is 7.12. The Morgan fingerprint density at radius 3 is 2.84 bits per heavy atom. The normalized spacial score (nSPS) is 32.0. The monoisotopic (exact) mass is 368 g/mol. The second-order valence-corrected chi connectivity index (χ2v) is 7.27. The summed E-state index contributed by atoms with van der Waals surface area (Å²) >= 11 is 0. The van der Waals surface area contributed by atoms with Crippen LogP contribution in [0.4, 0.5) is 4.39 Å². The molecule has 4 nitrogen and oxygen atoms in total. The number of ether oxygens (including phenoxy) is 1. The maximum atomic E-state index is 14.0. The third kappa shape index (κ3) is 3.83. The lowest BCUT2D eigenvalue weighted by molar-refractivity contribution is -0.141. The highest BCUT2D eigenvalue weighted by Crippen LogP contribution is 2.34. The number of carbonyl (C=O) groups excluding carboxylic acids is 1. The Morgan fingerprint density at radius 2 is 2.04 bits per heavy atom. The summed E-state index contributed by atoms with van der Waals surface area (Å²) in [7, 11) is 0. The van der Waals surface area contributed by atoms with Crippen molar-refractivity contribution in [3.05, 3.63) is 35.6 Å². The topological polar surface area (TPSA) is 41.6 Å². The van der Waals surface area contributed by atoms with Crippen molar-refractivity contribution < 1.29 is 13.9 Å². The van der Waals surface area contributed by atoms with E-state index in [4.69, 9.17) is 4.74 Å². The molecule has 4 unspecified atom stereocenters. The molecule has 6 heteroatoms. The lowest BCUT2D eigenvalue weighted by atomic mass is 9.85. The number of fused-ring (bicyclic) bond motifs is 1. The van der Waals surface area contributed by atoms with E-state index in [1.54, 1.807) is 12.1 Å². The zero-order chi connectivity index (χ0) is 16.5. The number of amides is 1. The van der Waals surface area contributed by atoms with Crippen LogP contribution in [0, 0.1) is 11.7 Å². The van der Waals surface area contributed by atoms with Crippen LogP contribution in [0.1, 0.15) is 43.8 Å². The molecule has 1 aromatic carbocycles. The number of hydrogen-bond acceptors (Lipinski definition) is 3. The van der Waals surface area contributed by atoms with E-state index in [2.05, 4.69) is 5.32 Å². The van der Waals surface area contributed by atoms with Crippen molar-refractivity contribution >= 4 is 18.3 Å². The van der Waals surface area contributed by atoms with Crippen LogP contribution in [0.5, 0.6) is 0 Å². The molecule has 1 saturated carbocycles. The van der Waals surface area contributed by atoms with Crippen LogP contribution in [0.25, 0.3) is 0 Å². The van der Waals surface area contributed by atoms with Gasteiger partial charge in [0.2, 0.25) is 5.91 Å². The molecule has 4 atom stereocenters. The molecule has 25 heavy (non-hydrogen) atoms. The minimum absolute atomic E-state index is 0. The Kier molecular flexibility index (Phi) is 5.97. The van der Waals surface area contributed by atoms with Gasteiger partial charge in [-0.1, -0.05) is 31.0 Å². The quantitative estimate of drug-likeness (QED) is 0.872. The van der Waals surface area contributed by atoms with Gasteiger partial charge in [-0.3, -0.25) is 4.79 Å². The van der Waals surface area contributed by atoms with Crippen LogP contribution in [0.3, 0.4) is 0 Å². The molecule has 2 heterocycles. The van der Waals surface area contributed by atoms with Crippen LogP contribution in [-0.4, -0.2) is 42.6 Å². The molecule has 0 aromatic heterocycles. The summed E-state index contributed by atoms with van der Waals surface area (Å²) in [5.74, 6) is 0.548. The molecule has 3 aliphatic rings. The molecule has 1 aliphatic carbocycles. The van der Waals surface area contributed by atoms with Crippen molar-refractivity contribution in [3.63, 3.8) is 0 Å². The van der Waals surface area contributed by atoms with Crippen LogP contribution in [-0.2, 0) is 9.53 Å². The molecular weight excluding hydrogens is 343 g/mol. The van der Waals surface area contributed by atoms with Crippen LogP contribution in [0.2, 0.25) is 0 Å². The van der Waals surface area contributed by atoms with E-state index in [1.165, 1.54) is 31.7 Å². The smallest absolute Gasteiger partial charge is 0.239 e. The molecule has 2 aliphatic heterocycles. The summed E-state index contributed by atoms with van der Waals surface area (Å²) in [6.45, 7) is 1.49. The zero-order valence-corrected chi connectivity index (χ0v) is 15.1. The van der Waals surface area contributed by atoms with Crippen molar-refractivity contribution in [2.24, 2.45) is 5.92 Å². The Bertz CT molecular complexity index is 601. The molecule has 1 N–H and O–H groups in total. The van der Waals surface area contributed by atoms with E-state index < -0.39 is 0 Å². The third-order valence-corrected chi connectivity index (χ3v) is 5.79. The Balaban J connectivity index is 0.00000182. The minimum Gasteiger partial charge on any atom is -0.370 e. The predicted octanol–water partition coefficient (Wildman–Crippen LogP) is 3.07. The molecule has 2 saturated heterocycles. The number of nitrogens with zero attached hydrogens (tertiary/aromatic N) is 1. The summed E-state index contributed by atoms with van der Waals surface area (Å²) in [5, 5.41) is 3.55. The van der Waals surface area contributed by atoms with Gasteiger partial charge in [-0.15, -0.1) is 12.4 Å². The average molecular weight is 369 g/mol. The van der Waals surface area contributed by atoms with E-state index in [9.17, 15) is 9.18 Å². The Labute approximate surface area is 154 Å². The molecule has 138 valence electrons. The first-order valence-corrected chi connectivity index (χ1v) is 9.13. The molecule has 0 bridgehead atoms. The van der Waals surface area contributed by atoms with Gasteiger partial charge in [0.1, 0.15) is 11.9 Å². The number of rotatable bonds is 2. The van der Waals surface area contributed by atoms with Crippen molar-refractivity contribution in [2.45, 2.75) is 50.3 Å². The van der Waals surface area contributed by atoms with Gasteiger partial charge < -0.3 is 15.0 Å². The third-order valence-electron chi connectivity index (χ3n) is 5.79. The van der Waals surface area contributed by atoms with Gasteiger partial charge in [0.25, 0.3) is 0 Å². The van der Waals surface area contributed by atoms with E-state index in [-0.39, 0.29) is 36.3 Å². The van der Waals surface area contributed by atoms with E-state index in [0.29, 0.717) is 37.2 Å². The SMILES string of the molecule is Cl.O=C(C1CC2CCCCC2N1)N1CCOC(c2ccccc2F)C1. The lowest BCUT2D eigenvalue weighted by Gasteiger charge is -2.34. The summed E-state index contributed by atoms with van der Waals surface area (Å²) in [5.41, 5.74) is 0.544. The molecular formula is C19H26ClFN2O2. The van der Waals surface area contributed by atoms with Gasteiger partial charge in [0.05, 0.1) is 19.2 Å². The van der Waals surface area contributed by atoms with Gasteiger partial charge in [-0.05, 0) is 31.2 Å². The highest BCUT2D eigenvalue weighted by Gasteiger charge is 2.40. The predicted molar refractivity (Wildman–Crippen MR) is 96.2 cm³/mol. The van der Waals surface area contributed by atoms with Crippen molar-refractivity contribution in [1.29, 1.82) is 0 Å². The maximum absolute atomic E-state index is 14.0. The molecule has 4 rings (SSSR count). The fraction of sp³-hybridized carbons (Fsp3) is 0.632. The largest absolute Gasteiger partial charge is 0.370 e. The average Bonchev–Trinajstić information content (AvgIpc) is 3.06. The van der Waals surface area contributed by atoms with Crippen LogP contribution in [0.15, 0.2) is 24.3 Å². The minimum atomic E-state index is -0.368. The summed E-state index contributed by atoms with van der Waals surface area (Å²) in [4.78, 5) is 14.8. The number of halogens is 2. The molecule has 3 fully saturated rings. The number of carbonyl (C=O) groups is 1. The number of hydrogen-bond donors (Lipinski definition) is 1. The van der Waals surface area contributed by atoms with Gasteiger partial charge in [0.15, 0.2) is 0 Å². The molecule has 0 spiro atoms. The van der Waals surface area contributed by atoms with Crippen LogP contribution < -0.4 is 5.32 Å². The highest BCUT2D eigenvalue weighted by molar-refractivity contribution is 5.85. The fourth-order valence-electron chi connectivity index (χ4n) is 4.50. The van der Waals surface area contributed by atoms with Gasteiger partial charge in [-0.25, -0.2) is 4.39 Å². The van der Waals surface area contributed by atoms with Crippen molar-refractivity contribution in [1.82, 2.24) is 10.2 Å². The Hall–Kier alpha value is -1.17.